The SMILES string of the molecule is O=C(COc1cc(Cl)c(Cl)cc1Cl)NN=C1C2CC3CC(C2)CC1C3. The quantitative estimate of drug-likeness (QED) is 0.573. The van der Waals surface area contributed by atoms with Gasteiger partial charge in [-0.3, -0.25) is 4.79 Å². The van der Waals surface area contributed by atoms with Gasteiger partial charge in [0.05, 0.1) is 15.1 Å². The van der Waals surface area contributed by atoms with Crippen molar-refractivity contribution < 1.29 is 9.53 Å². The highest BCUT2D eigenvalue weighted by molar-refractivity contribution is 6.43. The Hall–Kier alpha value is -0.970. The van der Waals surface area contributed by atoms with Crippen molar-refractivity contribution >= 4 is 46.4 Å². The van der Waals surface area contributed by atoms with Crippen LogP contribution in [0.3, 0.4) is 0 Å². The van der Waals surface area contributed by atoms with Crippen LogP contribution in [0.2, 0.25) is 15.1 Å². The summed E-state index contributed by atoms with van der Waals surface area (Å²) in [6.07, 6.45) is 6.33. The van der Waals surface area contributed by atoms with Crippen molar-refractivity contribution in [3.63, 3.8) is 0 Å². The van der Waals surface area contributed by atoms with E-state index >= 15 is 0 Å². The Morgan fingerprint density at radius 2 is 1.60 bits per heavy atom. The van der Waals surface area contributed by atoms with Crippen LogP contribution in [0.25, 0.3) is 0 Å². The number of carbonyl (C=O) groups is 1. The molecule has 1 N–H and O–H groups in total. The Morgan fingerprint density at radius 3 is 2.24 bits per heavy atom. The number of nitrogens with one attached hydrogen (secondary N) is 1. The van der Waals surface area contributed by atoms with Crippen LogP contribution in [0.4, 0.5) is 0 Å². The second-order valence-corrected chi connectivity index (χ2v) is 8.58. The molecule has 7 heteroatoms. The van der Waals surface area contributed by atoms with E-state index in [9.17, 15) is 4.79 Å². The largest absolute Gasteiger partial charge is 0.482 e. The minimum Gasteiger partial charge on any atom is -0.482 e. The van der Waals surface area contributed by atoms with E-state index in [1.54, 1.807) is 0 Å². The van der Waals surface area contributed by atoms with E-state index in [1.807, 2.05) is 0 Å². The average molecular weight is 402 g/mol. The molecule has 0 unspecified atom stereocenters. The third kappa shape index (κ3) is 3.62. The van der Waals surface area contributed by atoms with E-state index in [2.05, 4.69) is 10.5 Å². The van der Waals surface area contributed by atoms with Crippen LogP contribution >= 0.6 is 34.8 Å². The first-order chi connectivity index (χ1) is 12.0. The molecule has 0 atom stereocenters. The van der Waals surface area contributed by atoms with E-state index in [0.717, 1.165) is 11.8 Å². The van der Waals surface area contributed by atoms with Crippen molar-refractivity contribution in [3.05, 3.63) is 27.2 Å². The van der Waals surface area contributed by atoms with Crippen LogP contribution < -0.4 is 10.2 Å². The molecule has 0 saturated heterocycles. The zero-order chi connectivity index (χ0) is 17.6. The van der Waals surface area contributed by atoms with Crippen molar-refractivity contribution in [1.82, 2.24) is 5.43 Å². The van der Waals surface area contributed by atoms with E-state index < -0.39 is 0 Å². The lowest BCUT2D eigenvalue weighted by Crippen LogP contribution is -2.46. The Bertz CT molecular complexity index is 705. The fourth-order valence-electron chi connectivity index (χ4n) is 4.77. The highest BCUT2D eigenvalue weighted by Gasteiger charge is 2.46. The molecule has 0 aliphatic heterocycles. The Kier molecular flexibility index (Phi) is 4.87. The van der Waals surface area contributed by atoms with Gasteiger partial charge in [-0.25, -0.2) is 5.43 Å². The van der Waals surface area contributed by atoms with Crippen LogP contribution in [0.15, 0.2) is 17.2 Å². The fourth-order valence-corrected chi connectivity index (χ4v) is 5.36. The van der Waals surface area contributed by atoms with Crippen molar-refractivity contribution in [2.45, 2.75) is 32.1 Å². The number of amides is 1. The molecule has 1 aromatic carbocycles. The first-order valence-corrected chi connectivity index (χ1v) is 9.76. The lowest BCUT2D eigenvalue weighted by molar-refractivity contribution is -0.123. The molecule has 4 aliphatic rings. The number of rotatable bonds is 4. The summed E-state index contributed by atoms with van der Waals surface area (Å²) < 4.78 is 5.44. The van der Waals surface area contributed by atoms with Gasteiger partial charge in [0.25, 0.3) is 5.91 Å². The fraction of sp³-hybridized carbons (Fsp3) is 0.556. The third-order valence-corrected chi connectivity index (χ3v) is 6.64. The maximum Gasteiger partial charge on any atom is 0.277 e. The van der Waals surface area contributed by atoms with Crippen molar-refractivity contribution in [1.29, 1.82) is 0 Å². The topological polar surface area (TPSA) is 50.7 Å². The summed E-state index contributed by atoms with van der Waals surface area (Å²) in [6.45, 7) is -0.172. The maximum absolute atomic E-state index is 12.1. The highest BCUT2D eigenvalue weighted by Crippen LogP contribution is 2.52. The van der Waals surface area contributed by atoms with Gasteiger partial charge in [-0.05, 0) is 61.8 Å². The first kappa shape index (κ1) is 17.4. The maximum atomic E-state index is 12.1. The average Bonchev–Trinajstić information content (AvgIpc) is 2.55. The number of nitrogens with zero attached hydrogens (tertiary/aromatic N) is 1. The van der Waals surface area contributed by atoms with Gasteiger partial charge >= 0.3 is 0 Å². The van der Waals surface area contributed by atoms with Gasteiger partial charge in [-0.1, -0.05) is 34.8 Å². The molecule has 4 aliphatic carbocycles. The number of hydrogen-bond acceptors (Lipinski definition) is 3. The van der Waals surface area contributed by atoms with Crippen LogP contribution in [0.5, 0.6) is 5.75 Å². The van der Waals surface area contributed by atoms with Gasteiger partial charge in [0, 0.05) is 11.8 Å². The zero-order valence-corrected chi connectivity index (χ0v) is 15.9. The van der Waals surface area contributed by atoms with Gasteiger partial charge in [0.2, 0.25) is 0 Å². The molecule has 0 heterocycles. The monoisotopic (exact) mass is 400 g/mol. The molecule has 5 rings (SSSR count). The zero-order valence-electron chi connectivity index (χ0n) is 13.6. The van der Waals surface area contributed by atoms with E-state index in [0.29, 0.717) is 32.7 Å². The molecule has 4 nitrogen and oxygen atoms in total. The number of halogens is 3. The number of hydrazone groups is 1. The second-order valence-electron chi connectivity index (χ2n) is 7.36. The molecule has 4 saturated carbocycles. The molecular formula is C18H19Cl3N2O2. The van der Waals surface area contributed by atoms with E-state index in [4.69, 9.17) is 39.5 Å². The van der Waals surface area contributed by atoms with Crippen LogP contribution in [0.1, 0.15) is 32.1 Å². The predicted molar refractivity (Wildman–Crippen MR) is 99.6 cm³/mol. The summed E-state index contributed by atoms with van der Waals surface area (Å²) in [5.41, 5.74) is 3.84. The van der Waals surface area contributed by atoms with Crippen LogP contribution in [-0.2, 0) is 4.79 Å². The van der Waals surface area contributed by atoms with Crippen LogP contribution in [0, 0.1) is 23.7 Å². The number of carbonyl (C=O) groups excluding carboxylic acids is 1. The summed E-state index contributed by atoms with van der Waals surface area (Å²) in [5, 5.41) is 5.43. The second kappa shape index (κ2) is 6.98. The lowest BCUT2D eigenvalue weighted by atomic mass is 9.55. The molecule has 1 aromatic rings. The number of hydrogen-bond donors (Lipinski definition) is 1. The third-order valence-electron chi connectivity index (χ3n) is 5.62. The van der Waals surface area contributed by atoms with Gasteiger partial charge < -0.3 is 4.74 Å². The lowest BCUT2D eigenvalue weighted by Gasteiger charge is -2.50. The van der Waals surface area contributed by atoms with Crippen molar-refractivity contribution in [2.24, 2.45) is 28.8 Å². The molecular weight excluding hydrogens is 383 g/mol. The standard InChI is InChI=1S/C18H19Cl3N2O2/c19-13-6-15(21)16(7-14(13)20)25-8-17(24)22-23-18-11-2-9-1-10(4-11)5-12(18)3-9/h6-7,9-12H,1-5,8H2,(H,22,24). The molecule has 0 spiro atoms. The van der Waals surface area contributed by atoms with E-state index in [-0.39, 0.29) is 12.5 Å². The molecule has 25 heavy (non-hydrogen) atoms. The smallest absolute Gasteiger partial charge is 0.277 e. The van der Waals surface area contributed by atoms with Gasteiger partial charge in [0.15, 0.2) is 6.61 Å². The van der Waals surface area contributed by atoms with Gasteiger partial charge in [-0.2, -0.15) is 5.10 Å². The molecule has 4 bridgehead atoms. The minimum absolute atomic E-state index is 0.172. The van der Waals surface area contributed by atoms with Crippen molar-refractivity contribution in [3.8, 4) is 5.75 Å². The summed E-state index contributed by atoms with van der Waals surface area (Å²) in [4.78, 5) is 12.1. The van der Waals surface area contributed by atoms with Crippen molar-refractivity contribution in [2.75, 3.05) is 6.61 Å². The highest BCUT2D eigenvalue weighted by atomic mass is 35.5. The van der Waals surface area contributed by atoms with Gasteiger partial charge in [0.1, 0.15) is 5.75 Å². The molecule has 4 fully saturated rings. The van der Waals surface area contributed by atoms with Gasteiger partial charge in [-0.15, -0.1) is 0 Å². The Balaban J connectivity index is 1.35. The molecule has 0 radical (unpaired) electrons. The summed E-state index contributed by atoms with van der Waals surface area (Å²) in [7, 11) is 0. The normalized spacial score (nSPS) is 29.6. The van der Waals surface area contributed by atoms with E-state index in [1.165, 1.54) is 49.9 Å². The number of ether oxygens (including phenoxy) is 1. The molecule has 0 aromatic heterocycles. The molecule has 1 amide bonds. The van der Waals surface area contributed by atoms with Crippen LogP contribution in [-0.4, -0.2) is 18.2 Å². The summed E-state index contributed by atoms with van der Waals surface area (Å²) >= 11 is 17.9. The Labute approximate surface area is 161 Å². The number of benzene rings is 1. The predicted octanol–water partition coefficient (Wildman–Crippen LogP) is 4.95. The molecule has 134 valence electrons. The Morgan fingerprint density at radius 1 is 1.00 bits per heavy atom. The minimum atomic E-state index is -0.302. The summed E-state index contributed by atoms with van der Waals surface area (Å²) in [5.74, 6) is 2.88. The first-order valence-electron chi connectivity index (χ1n) is 8.63. The summed E-state index contributed by atoms with van der Waals surface area (Å²) in [6, 6.07) is 3.00.